The summed E-state index contributed by atoms with van der Waals surface area (Å²) in [7, 11) is -11.5. The van der Waals surface area contributed by atoms with Gasteiger partial charge in [-0.05, 0) is 12.8 Å². The number of hydrogen-bond acceptors (Lipinski definition) is 16. The van der Waals surface area contributed by atoms with Crippen LogP contribution in [0.3, 0.4) is 0 Å². The van der Waals surface area contributed by atoms with Gasteiger partial charge in [0.15, 0.2) is 0 Å². The number of carbonyl (C=O) groups excluding carboxylic acids is 4. The van der Waals surface area contributed by atoms with Crippen LogP contribution in [0.25, 0.3) is 0 Å². The Morgan fingerprint density at radius 1 is 0.350 bits per heavy atom. The fraction of sp³-hybridized carbons (Fsp3) is 0.846. The molecule has 6 N–H and O–H groups in total. The van der Waals surface area contributed by atoms with E-state index in [1.54, 1.807) is 0 Å². The van der Waals surface area contributed by atoms with Crippen LogP contribution < -0.4 is 139 Å². The maximum absolute atomic E-state index is 12.1. The van der Waals surface area contributed by atoms with Crippen LogP contribution in [0.5, 0.6) is 0 Å². The molecule has 0 spiro atoms. The summed E-state index contributed by atoms with van der Waals surface area (Å²) in [6.07, 6.45) is 27.0. The SMILES string of the molecule is CCCCCCCCCCCCCCCCCCC(C(=O)[O-])(C(C(=O)[O-])C(CC(=O)O)C(=O)O)S(=O)(=O)O.CCCCCCCCCCCCCCCCCCC(C(=O)[O-])(C(C(=O)[O-])C(CC(=O)O)C(=O)O)S(=O)(=O)O.[Na+].[Na+].[Na+].[Na+]. The van der Waals surface area contributed by atoms with Crippen LogP contribution >= 0.6 is 0 Å². The fourth-order valence-corrected chi connectivity index (χ4v) is 12.2. The van der Waals surface area contributed by atoms with E-state index in [2.05, 4.69) is 13.8 Å². The van der Waals surface area contributed by atoms with Crippen LogP contribution in [-0.4, -0.2) is 104 Å². The van der Waals surface area contributed by atoms with Crippen molar-refractivity contribution in [1.29, 1.82) is 0 Å². The van der Waals surface area contributed by atoms with Crippen molar-refractivity contribution in [3.05, 3.63) is 0 Å². The van der Waals surface area contributed by atoms with Crippen molar-refractivity contribution in [1.82, 2.24) is 0 Å². The normalized spacial score (nSPS) is 14.2. The number of carbonyl (C=O) groups is 8. The molecular weight excluding hydrogens is 1130 g/mol. The van der Waals surface area contributed by atoms with Crippen LogP contribution in [-0.2, 0) is 58.6 Å². The minimum atomic E-state index is -5.74. The Labute approximate surface area is 563 Å². The largest absolute Gasteiger partial charge is 1.00 e. The Hall–Kier alpha value is -0.420. The molecule has 0 aromatic heterocycles. The Kier molecular flexibility index (Phi) is 58.7. The maximum Gasteiger partial charge on any atom is 1.00 e. The molecule has 0 aromatic rings. The number of unbranched alkanes of at least 4 members (excludes halogenated alkanes) is 30. The third-order valence-electron chi connectivity index (χ3n) is 14.2. The molecule has 0 aliphatic carbocycles. The molecular formula is C52H88Na4O22S2. The molecule has 22 nitrogen and oxygen atoms in total. The monoisotopic (exact) mass is 1220 g/mol. The number of carboxylic acid groups (broad SMARTS) is 8. The van der Waals surface area contributed by atoms with Gasteiger partial charge >= 0.3 is 142 Å². The summed E-state index contributed by atoms with van der Waals surface area (Å²) >= 11 is 0. The van der Waals surface area contributed by atoms with E-state index < -0.39 is 127 Å². The van der Waals surface area contributed by atoms with Gasteiger partial charge in [-0.2, -0.15) is 16.8 Å². The topological polar surface area (TPSA) is 418 Å². The molecule has 0 aliphatic rings. The summed E-state index contributed by atoms with van der Waals surface area (Å²) < 4.78 is 60.9. The van der Waals surface area contributed by atoms with E-state index in [1.807, 2.05) is 0 Å². The molecule has 0 heterocycles. The van der Waals surface area contributed by atoms with Crippen LogP contribution in [0.4, 0.5) is 0 Å². The Balaban J connectivity index is -0.000000326. The molecule has 0 saturated carbocycles. The van der Waals surface area contributed by atoms with E-state index in [0.717, 1.165) is 64.2 Å². The van der Waals surface area contributed by atoms with Gasteiger partial charge in [-0.1, -0.05) is 219 Å². The molecule has 444 valence electrons. The molecule has 0 aliphatic heterocycles. The predicted molar refractivity (Wildman–Crippen MR) is 271 cm³/mol. The summed E-state index contributed by atoms with van der Waals surface area (Å²) in [5.74, 6) is -28.3. The molecule has 80 heavy (non-hydrogen) atoms. The van der Waals surface area contributed by atoms with E-state index in [4.69, 9.17) is 10.2 Å². The molecule has 0 saturated heterocycles. The number of aliphatic carboxylic acids is 8. The van der Waals surface area contributed by atoms with E-state index in [1.165, 1.54) is 103 Å². The summed E-state index contributed by atoms with van der Waals surface area (Å²) in [5, 5.41) is 83.9. The van der Waals surface area contributed by atoms with Gasteiger partial charge in [0.2, 0.25) is 0 Å². The smallest absolute Gasteiger partial charge is 0.550 e. The minimum Gasteiger partial charge on any atom is -0.550 e. The second-order valence-electron chi connectivity index (χ2n) is 20.1. The first-order valence-corrected chi connectivity index (χ1v) is 30.2. The fourth-order valence-electron chi connectivity index (χ4n) is 9.86. The van der Waals surface area contributed by atoms with Gasteiger partial charge in [-0.3, -0.25) is 28.3 Å². The number of rotatable bonds is 50. The summed E-state index contributed by atoms with van der Waals surface area (Å²) in [4.78, 5) is 92.6. The van der Waals surface area contributed by atoms with Gasteiger partial charge in [-0.15, -0.1) is 0 Å². The van der Waals surface area contributed by atoms with Gasteiger partial charge in [0, 0.05) is 23.8 Å². The molecule has 0 amide bonds. The van der Waals surface area contributed by atoms with Crippen molar-refractivity contribution < 1.29 is 223 Å². The van der Waals surface area contributed by atoms with Crippen LogP contribution in [0.1, 0.15) is 245 Å². The molecule has 0 radical (unpaired) electrons. The Bertz CT molecular complexity index is 1840. The van der Waals surface area contributed by atoms with Crippen LogP contribution in [0, 0.1) is 23.7 Å². The van der Waals surface area contributed by atoms with Crippen molar-refractivity contribution >= 4 is 68.0 Å². The molecule has 0 rings (SSSR count). The first kappa shape index (κ1) is 90.8. The maximum atomic E-state index is 12.1. The van der Waals surface area contributed by atoms with Crippen molar-refractivity contribution in [2.45, 2.75) is 254 Å². The third kappa shape index (κ3) is 36.5. The first-order valence-electron chi connectivity index (χ1n) is 27.3. The van der Waals surface area contributed by atoms with Crippen molar-refractivity contribution in [2.24, 2.45) is 23.7 Å². The second kappa shape index (κ2) is 51.8. The number of hydrogen-bond donors (Lipinski definition) is 6. The number of carboxylic acids is 8. The summed E-state index contributed by atoms with van der Waals surface area (Å²) in [5.41, 5.74) is 0. The molecule has 6 atom stereocenters. The molecule has 0 aromatic carbocycles. The van der Waals surface area contributed by atoms with Gasteiger partial charge in [-0.25, -0.2) is 0 Å². The summed E-state index contributed by atoms with van der Waals surface area (Å²) in [6.45, 7) is 4.40. The molecule has 6 unspecified atom stereocenters. The minimum absolute atomic E-state index is 0. The summed E-state index contributed by atoms with van der Waals surface area (Å²) in [6, 6.07) is 0. The van der Waals surface area contributed by atoms with Gasteiger partial charge in [0.05, 0.1) is 36.6 Å². The Morgan fingerprint density at radius 3 is 0.650 bits per heavy atom. The van der Waals surface area contributed by atoms with Crippen LogP contribution in [0.15, 0.2) is 0 Å². The average molecular weight is 1220 g/mol. The second-order valence-corrected chi connectivity index (χ2v) is 23.4. The standard InChI is InChI=1S/2C26H46O11S.4Na/c2*1-2-3-4-5-6-7-8-9-10-11-12-13-14-15-16-17-18-26(25(33)34,38(35,36)37)22(24(31)32)20(23(29)30)19-21(27)28;;;;/h2*20,22H,2-19H2,1H3,(H,27,28)(H,29,30)(H,31,32)(H,33,34)(H,35,36,37);;;;/q;;4*+1/p-4. The first-order chi connectivity index (χ1) is 35.6. The zero-order valence-electron chi connectivity index (χ0n) is 48.8. The van der Waals surface area contributed by atoms with E-state index in [0.29, 0.717) is 25.7 Å². The third-order valence-corrected chi connectivity index (χ3v) is 17.2. The van der Waals surface area contributed by atoms with Crippen molar-refractivity contribution in [3.63, 3.8) is 0 Å². The molecule has 28 heteroatoms. The van der Waals surface area contributed by atoms with E-state index >= 15 is 0 Å². The zero-order chi connectivity index (χ0) is 58.4. The van der Waals surface area contributed by atoms with Crippen molar-refractivity contribution in [2.75, 3.05) is 0 Å². The van der Waals surface area contributed by atoms with E-state index in [-0.39, 0.29) is 131 Å². The molecule has 0 bridgehead atoms. The quantitative estimate of drug-likeness (QED) is 0.0187. The van der Waals surface area contributed by atoms with E-state index in [9.17, 15) is 94.9 Å². The van der Waals surface area contributed by atoms with Gasteiger partial charge in [0.1, 0.15) is 9.49 Å². The zero-order valence-corrected chi connectivity index (χ0v) is 58.4. The predicted octanol–water partition coefficient (Wildman–Crippen LogP) is -6.87. The Morgan fingerprint density at radius 2 is 0.525 bits per heavy atom. The average Bonchev–Trinajstić information content (AvgIpc) is 3.30. The van der Waals surface area contributed by atoms with Crippen molar-refractivity contribution in [3.8, 4) is 0 Å². The van der Waals surface area contributed by atoms with Gasteiger partial charge < -0.3 is 60.0 Å². The van der Waals surface area contributed by atoms with Crippen LogP contribution in [0.2, 0.25) is 0 Å². The van der Waals surface area contributed by atoms with Gasteiger partial charge in [0.25, 0.3) is 20.2 Å². The molecule has 0 fully saturated rings.